The summed E-state index contributed by atoms with van der Waals surface area (Å²) in [6.45, 7) is 4.17. The Kier molecular flexibility index (Phi) is 3.58. The SMILES string of the molecule is Cc1cc(CS(=O)(=O)NC(C)(C)C(=O)O)no1. The topological polar surface area (TPSA) is 110 Å². The second-order valence-electron chi connectivity index (χ2n) is 4.22. The minimum Gasteiger partial charge on any atom is -0.480 e. The highest BCUT2D eigenvalue weighted by atomic mass is 32.2. The summed E-state index contributed by atoms with van der Waals surface area (Å²) >= 11 is 0. The Balaban J connectivity index is 2.80. The van der Waals surface area contributed by atoms with Gasteiger partial charge in [-0.05, 0) is 20.8 Å². The number of carbonyl (C=O) groups is 1. The van der Waals surface area contributed by atoms with Gasteiger partial charge in [0.1, 0.15) is 22.7 Å². The number of hydrogen-bond donors (Lipinski definition) is 2. The first kappa shape index (κ1) is 13.7. The van der Waals surface area contributed by atoms with Crippen molar-refractivity contribution in [2.45, 2.75) is 32.1 Å². The number of nitrogens with one attached hydrogen (secondary N) is 1. The molecule has 1 heterocycles. The number of rotatable bonds is 5. The predicted octanol–water partition coefficient (Wildman–Crippen LogP) is 0.266. The fourth-order valence-electron chi connectivity index (χ4n) is 1.15. The molecule has 0 spiro atoms. The van der Waals surface area contributed by atoms with Crippen molar-refractivity contribution in [2.24, 2.45) is 0 Å². The van der Waals surface area contributed by atoms with Crippen LogP contribution in [0, 0.1) is 6.92 Å². The highest BCUT2D eigenvalue weighted by Crippen LogP contribution is 2.10. The van der Waals surface area contributed by atoms with E-state index in [9.17, 15) is 13.2 Å². The molecule has 0 saturated heterocycles. The number of aliphatic carboxylic acids is 1. The summed E-state index contributed by atoms with van der Waals surface area (Å²) < 4.78 is 30.2. The zero-order chi connectivity index (χ0) is 13.3. The van der Waals surface area contributed by atoms with Gasteiger partial charge in [0, 0.05) is 6.07 Å². The van der Waals surface area contributed by atoms with E-state index < -0.39 is 27.3 Å². The predicted molar refractivity (Wildman–Crippen MR) is 58.7 cm³/mol. The highest BCUT2D eigenvalue weighted by Gasteiger charge is 2.32. The van der Waals surface area contributed by atoms with E-state index in [-0.39, 0.29) is 5.69 Å². The molecule has 0 aliphatic heterocycles. The number of carboxylic acids is 1. The van der Waals surface area contributed by atoms with Crippen molar-refractivity contribution in [3.05, 3.63) is 17.5 Å². The zero-order valence-electron chi connectivity index (χ0n) is 9.72. The Hall–Kier alpha value is -1.41. The van der Waals surface area contributed by atoms with Crippen LogP contribution in [0.15, 0.2) is 10.6 Å². The molecule has 0 aromatic carbocycles. The molecule has 7 nitrogen and oxygen atoms in total. The standard InChI is InChI=1S/C9H14N2O5S/c1-6-4-7(10-16-6)5-17(14,15)11-9(2,3)8(12)13/h4,11H,5H2,1-3H3,(H,12,13). The molecule has 0 unspecified atom stereocenters. The molecule has 17 heavy (non-hydrogen) atoms. The fraction of sp³-hybridized carbons (Fsp3) is 0.556. The van der Waals surface area contributed by atoms with E-state index in [4.69, 9.17) is 9.63 Å². The number of carboxylic acid groups (broad SMARTS) is 1. The van der Waals surface area contributed by atoms with Gasteiger partial charge in [-0.15, -0.1) is 0 Å². The van der Waals surface area contributed by atoms with Gasteiger partial charge in [-0.1, -0.05) is 5.16 Å². The van der Waals surface area contributed by atoms with Crippen molar-refractivity contribution >= 4 is 16.0 Å². The molecule has 0 radical (unpaired) electrons. The first-order valence-electron chi connectivity index (χ1n) is 4.80. The Morgan fingerprint density at radius 1 is 1.59 bits per heavy atom. The van der Waals surface area contributed by atoms with E-state index in [1.54, 1.807) is 6.92 Å². The Morgan fingerprint density at radius 3 is 2.59 bits per heavy atom. The number of aryl methyl sites for hydroxylation is 1. The number of hydrogen-bond acceptors (Lipinski definition) is 5. The lowest BCUT2D eigenvalue weighted by molar-refractivity contribution is -0.142. The zero-order valence-corrected chi connectivity index (χ0v) is 10.5. The second-order valence-corrected chi connectivity index (χ2v) is 5.94. The average Bonchev–Trinajstić information content (AvgIpc) is 2.47. The molecule has 0 saturated carbocycles. The van der Waals surface area contributed by atoms with E-state index in [0.29, 0.717) is 5.76 Å². The number of aromatic nitrogens is 1. The lowest BCUT2D eigenvalue weighted by Crippen LogP contribution is -2.49. The van der Waals surface area contributed by atoms with Gasteiger partial charge in [-0.3, -0.25) is 4.79 Å². The molecule has 1 aromatic rings. The van der Waals surface area contributed by atoms with E-state index >= 15 is 0 Å². The van der Waals surface area contributed by atoms with Crippen molar-refractivity contribution in [3.8, 4) is 0 Å². The molecule has 1 rings (SSSR count). The van der Waals surface area contributed by atoms with Crippen molar-refractivity contribution in [1.29, 1.82) is 0 Å². The van der Waals surface area contributed by atoms with Gasteiger partial charge in [0.05, 0.1) is 0 Å². The lowest BCUT2D eigenvalue weighted by Gasteiger charge is -2.20. The van der Waals surface area contributed by atoms with Gasteiger partial charge in [-0.2, -0.15) is 4.72 Å². The average molecular weight is 262 g/mol. The molecule has 0 amide bonds. The molecule has 8 heteroatoms. The first-order valence-corrected chi connectivity index (χ1v) is 6.45. The fourth-order valence-corrected chi connectivity index (χ4v) is 2.61. The molecule has 0 atom stereocenters. The van der Waals surface area contributed by atoms with Crippen molar-refractivity contribution < 1.29 is 22.8 Å². The quantitative estimate of drug-likeness (QED) is 0.788. The Bertz CT molecular complexity index is 517. The molecule has 96 valence electrons. The highest BCUT2D eigenvalue weighted by molar-refractivity contribution is 7.88. The third-order valence-corrected chi connectivity index (χ3v) is 3.46. The summed E-state index contributed by atoms with van der Waals surface area (Å²) in [6, 6.07) is 1.48. The van der Waals surface area contributed by atoms with Crippen LogP contribution < -0.4 is 4.72 Å². The maximum Gasteiger partial charge on any atom is 0.324 e. The third kappa shape index (κ3) is 3.82. The third-order valence-electron chi connectivity index (χ3n) is 1.96. The maximum atomic E-state index is 11.7. The van der Waals surface area contributed by atoms with Gasteiger partial charge in [0.2, 0.25) is 10.0 Å². The molecule has 0 aliphatic rings. The van der Waals surface area contributed by atoms with Crippen LogP contribution in [0.3, 0.4) is 0 Å². The van der Waals surface area contributed by atoms with Crippen LogP contribution >= 0.6 is 0 Å². The van der Waals surface area contributed by atoms with Crippen LogP contribution in [-0.4, -0.2) is 30.2 Å². The van der Waals surface area contributed by atoms with Gasteiger partial charge < -0.3 is 9.63 Å². The van der Waals surface area contributed by atoms with Crippen LogP contribution in [0.5, 0.6) is 0 Å². The van der Waals surface area contributed by atoms with E-state index in [2.05, 4.69) is 9.88 Å². The molecular weight excluding hydrogens is 248 g/mol. The van der Waals surface area contributed by atoms with Gasteiger partial charge in [0.25, 0.3) is 0 Å². The minimum atomic E-state index is -3.78. The smallest absolute Gasteiger partial charge is 0.324 e. The second kappa shape index (κ2) is 4.46. The number of sulfonamides is 1. The Morgan fingerprint density at radius 2 is 2.18 bits per heavy atom. The summed E-state index contributed by atoms with van der Waals surface area (Å²) in [5.41, 5.74) is -1.33. The monoisotopic (exact) mass is 262 g/mol. The normalized spacial score (nSPS) is 12.6. The van der Waals surface area contributed by atoms with Crippen LogP contribution in [0.4, 0.5) is 0 Å². The summed E-state index contributed by atoms with van der Waals surface area (Å²) in [7, 11) is -3.78. The molecule has 2 N–H and O–H groups in total. The summed E-state index contributed by atoms with van der Waals surface area (Å²) in [5.74, 6) is -1.17. The van der Waals surface area contributed by atoms with Crippen LogP contribution in [0.25, 0.3) is 0 Å². The van der Waals surface area contributed by atoms with Gasteiger partial charge in [-0.25, -0.2) is 8.42 Å². The molecule has 0 bridgehead atoms. The van der Waals surface area contributed by atoms with Crippen molar-refractivity contribution in [2.75, 3.05) is 0 Å². The van der Waals surface area contributed by atoms with Gasteiger partial charge in [0.15, 0.2) is 0 Å². The Labute approximate surface area is 98.9 Å². The minimum absolute atomic E-state index is 0.233. The van der Waals surface area contributed by atoms with E-state index in [0.717, 1.165) is 0 Å². The van der Waals surface area contributed by atoms with Crippen molar-refractivity contribution in [1.82, 2.24) is 9.88 Å². The maximum absolute atomic E-state index is 11.7. The summed E-state index contributed by atoms with van der Waals surface area (Å²) in [4.78, 5) is 10.8. The number of nitrogens with zero attached hydrogens (tertiary/aromatic N) is 1. The van der Waals surface area contributed by atoms with Crippen LogP contribution in [-0.2, 0) is 20.6 Å². The first-order chi connectivity index (χ1) is 7.62. The molecule has 0 aliphatic carbocycles. The lowest BCUT2D eigenvalue weighted by atomic mass is 10.1. The van der Waals surface area contributed by atoms with Crippen molar-refractivity contribution in [3.63, 3.8) is 0 Å². The molecule has 0 fully saturated rings. The van der Waals surface area contributed by atoms with E-state index in [1.165, 1.54) is 19.9 Å². The van der Waals surface area contributed by atoms with Crippen LogP contribution in [0.1, 0.15) is 25.3 Å². The molecular formula is C9H14N2O5S. The van der Waals surface area contributed by atoms with Gasteiger partial charge >= 0.3 is 5.97 Å². The summed E-state index contributed by atoms with van der Waals surface area (Å²) in [5, 5.41) is 12.3. The van der Waals surface area contributed by atoms with E-state index in [1.807, 2.05) is 0 Å². The molecule has 1 aromatic heterocycles. The largest absolute Gasteiger partial charge is 0.480 e. The summed E-state index contributed by atoms with van der Waals surface area (Å²) in [6.07, 6.45) is 0. The van der Waals surface area contributed by atoms with Crippen LogP contribution in [0.2, 0.25) is 0 Å².